The number of sulfonamides is 1. The first-order chi connectivity index (χ1) is 19.1. The molecule has 10 heteroatoms. The van der Waals surface area contributed by atoms with Crippen LogP contribution in [0.15, 0.2) is 82.2 Å². The van der Waals surface area contributed by atoms with Crippen molar-refractivity contribution in [1.29, 1.82) is 0 Å². The summed E-state index contributed by atoms with van der Waals surface area (Å²) in [5, 5.41) is 3.48. The van der Waals surface area contributed by atoms with Gasteiger partial charge in [-0.05, 0) is 73.9 Å². The third kappa shape index (κ3) is 8.32. The average Bonchev–Trinajstić information content (AvgIpc) is 2.93. The minimum absolute atomic E-state index is 0.0717. The summed E-state index contributed by atoms with van der Waals surface area (Å²) in [6, 6.07) is 19.5. The van der Waals surface area contributed by atoms with Gasteiger partial charge in [0.1, 0.15) is 12.6 Å². The Bertz CT molecular complexity index is 1380. The van der Waals surface area contributed by atoms with Crippen LogP contribution >= 0.6 is 27.5 Å². The molecule has 0 aliphatic heterocycles. The van der Waals surface area contributed by atoms with Crippen LogP contribution in [-0.2, 0) is 26.2 Å². The first kappa shape index (κ1) is 31.6. The number of hydrogen-bond acceptors (Lipinski definition) is 4. The van der Waals surface area contributed by atoms with Crippen LogP contribution in [-0.4, -0.2) is 44.3 Å². The lowest BCUT2D eigenvalue weighted by Gasteiger charge is -2.33. The number of carbonyl (C=O) groups is 2. The first-order valence-corrected chi connectivity index (χ1v) is 15.8. The molecule has 40 heavy (non-hydrogen) atoms. The largest absolute Gasteiger partial charge is 0.354 e. The Balaban J connectivity index is 2.02. The van der Waals surface area contributed by atoms with Crippen molar-refractivity contribution < 1.29 is 18.0 Å². The number of unbranched alkanes of at least 4 members (excludes halogenated alkanes) is 1. The molecular weight excluding hydrogens is 614 g/mol. The molecule has 2 amide bonds. The van der Waals surface area contributed by atoms with Gasteiger partial charge in [-0.1, -0.05) is 77.6 Å². The number of aryl methyl sites for hydroxylation is 1. The highest BCUT2D eigenvalue weighted by molar-refractivity contribution is 9.10. The Labute approximate surface area is 250 Å². The lowest BCUT2D eigenvalue weighted by Crippen LogP contribution is -2.52. The van der Waals surface area contributed by atoms with Crippen molar-refractivity contribution in [2.75, 3.05) is 17.4 Å². The van der Waals surface area contributed by atoms with Crippen LogP contribution in [0.25, 0.3) is 0 Å². The van der Waals surface area contributed by atoms with Gasteiger partial charge in [-0.25, -0.2) is 8.42 Å². The molecule has 3 aromatic carbocycles. The van der Waals surface area contributed by atoms with E-state index in [9.17, 15) is 18.0 Å². The first-order valence-electron chi connectivity index (χ1n) is 13.2. The molecule has 0 saturated heterocycles. The minimum atomic E-state index is -4.11. The van der Waals surface area contributed by atoms with Gasteiger partial charge in [-0.2, -0.15) is 0 Å². The van der Waals surface area contributed by atoms with Crippen molar-refractivity contribution in [2.24, 2.45) is 0 Å². The van der Waals surface area contributed by atoms with Crippen molar-refractivity contribution in [3.8, 4) is 0 Å². The second-order valence-electron chi connectivity index (χ2n) is 9.52. The smallest absolute Gasteiger partial charge is 0.264 e. The van der Waals surface area contributed by atoms with Crippen molar-refractivity contribution in [1.82, 2.24) is 10.2 Å². The van der Waals surface area contributed by atoms with Crippen molar-refractivity contribution in [2.45, 2.75) is 57.5 Å². The number of anilines is 1. The number of hydrogen-bond donors (Lipinski definition) is 1. The fraction of sp³-hybridized carbons (Fsp3) is 0.333. The summed E-state index contributed by atoms with van der Waals surface area (Å²) in [4.78, 5) is 28.8. The van der Waals surface area contributed by atoms with Crippen molar-refractivity contribution >= 4 is 55.1 Å². The molecule has 0 aliphatic carbocycles. The monoisotopic (exact) mass is 647 g/mol. The molecule has 0 bridgehead atoms. The van der Waals surface area contributed by atoms with Crippen molar-refractivity contribution in [3.63, 3.8) is 0 Å². The maximum absolute atomic E-state index is 14.0. The number of rotatable bonds is 13. The van der Waals surface area contributed by atoms with E-state index in [-0.39, 0.29) is 17.3 Å². The molecule has 1 atom stereocenters. The van der Waals surface area contributed by atoms with Gasteiger partial charge in [0.15, 0.2) is 0 Å². The molecule has 3 aromatic rings. The Hall–Kier alpha value is -2.88. The van der Waals surface area contributed by atoms with E-state index < -0.39 is 28.5 Å². The predicted octanol–water partition coefficient (Wildman–Crippen LogP) is 6.33. The van der Waals surface area contributed by atoms with E-state index >= 15 is 0 Å². The van der Waals surface area contributed by atoms with Crippen LogP contribution in [0.4, 0.5) is 5.69 Å². The quantitative estimate of drug-likeness (QED) is 0.220. The molecule has 7 nitrogen and oxygen atoms in total. The van der Waals surface area contributed by atoms with Gasteiger partial charge >= 0.3 is 0 Å². The highest BCUT2D eigenvalue weighted by Crippen LogP contribution is 2.26. The molecule has 214 valence electrons. The molecule has 3 rings (SSSR count). The Morgan fingerprint density at radius 2 is 1.57 bits per heavy atom. The summed E-state index contributed by atoms with van der Waals surface area (Å²) in [7, 11) is -4.11. The standard InChI is InChI=1S/C30H35BrClN3O4S/c1-4-6-19-33-30(37)28(5-2)34(20-23-9-13-25(32)14-10-23)29(36)21-35(26-15-11-24(31)12-16-26)40(38,39)27-17-7-22(3)8-18-27/h7-18,28H,4-6,19-21H2,1-3H3,(H,33,37). The summed E-state index contributed by atoms with van der Waals surface area (Å²) >= 11 is 9.45. The summed E-state index contributed by atoms with van der Waals surface area (Å²) in [5.41, 5.74) is 2.03. The molecule has 0 aromatic heterocycles. The zero-order valence-electron chi connectivity index (χ0n) is 22.9. The van der Waals surface area contributed by atoms with E-state index in [1.807, 2.05) is 20.8 Å². The zero-order valence-corrected chi connectivity index (χ0v) is 26.1. The molecule has 1 N–H and O–H groups in total. The SMILES string of the molecule is CCCCNC(=O)C(CC)N(Cc1ccc(Cl)cc1)C(=O)CN(c1ccc(Br)cc1)S(=O)(=O)c1ccc(C)cc1. The number of amides is 2. The predicted molar refractivity (Wildman–Crippen MR) is 164 cm³/mol. The normalized spacial score (nSPS) is 12.0. The van der Waals surface area contributed by atoms with Gasteiger partial charge in [0, 0.05) is 22.6 Å². The molecule has 0 aliphatic rings. The Morgan fingerprint density at radius 3 is 2.15 bits per heavy atom. The summed E-state index contributed by atoms with van der Waals surface area (Å²) in [6.45, 7) is 5.88. The molecule has 1 unspecified atom stereocenters. The second kappa shape index (κ2) is 14.7. The molecule has 0 heterocycles. The van der Waals surface area contributed by atoms with Crippen LogP contribution in [0.5, 0.6) is 0 Å². The number of benzene rings is 3. The topological polar surface area (TPSA) is 86.8 Å². The van der Waals surface area contributed by atoms with E-state index in [1.165, 1.54) is 17.0 Å². The fourth-order valence-electron chi connectivity index (χ4n) is 4.19. The van der Waals surface area contributed by atoms with E-state index in [0.29, 0.717) is 23.7 Å². The summed E-state index contributed by atoms with van der Waals surface area (Å²) < 4.78 is 29.6. The van der Waals surface area contributed by atoms with Gasteiger partial charge in [-0.3, -0.25) is 13.9 Å². The van der Waals surface area contributed by atoms with Gasteiger partial charge in [0.2, 0.25) is 11.8 Å². The van der Waals surface area contributed by atoms with E-state index in [1.54, 1.807) is 60.7 Å². The Morgan fingerprint density at radius 1 is 0.950 bits per heavy atom. The lowest BCUT2D eigenvalue weighted by molar-refractivity contribution is -0.140. The maximum Gasteiger partial charge on any atom is 0.264 e. The Kier molecular flexibility index (Phi) is 11.6. The summed E-state index contributed by atoms with van der Waals surface area (Å²) in [6.07, 6.45) is 2.10. The number of carbonyl (C=O) groups excluding carboxylic acids is 2. The molecule has 0 radical (unpaired) electrons. The molecule has 0 saturated carbocycles. The highest BCUT2D eigenvalue weighted by Gasteiger charge is 2.33. The van der Waals surface area contributed by atoms with Crippen LogP contribution in [0.1, 0.15) is 44.2 Å². The molecular formula is C30H35BrClN3O4S. The van der Waals surface area contributed by atoms with Crippen molar-refractivity contribution in [3.05, 3.63) is 93.4 Å². The number of halogens is 2. The van der Waals surface area contributed by atoms with Gasteiger partial charge in [0.05, 0.1) is 10.6 Å². The maximum atomic E-state index is 14.0. The molecule has 0 spiro atoms. The number of nitrogens with zero attached hydrogens (tertiary/aromatic N) is 2. The fourth-order valence-corrected chi connectivity index (χ4v) is 5.99. The van der Waals surface area contributed by atoms with Gasteiger partial charge in [-0.15, -0.1) is 0 Å². The van der Waals surface area contributed by atoms with Crippen LogP contribution in [0.3, 0.4) is 0 Å². The molecule has 0 fully saturated rings. The third-order valence-electron chi connectivity index (χ3n) is 6.48. The second-order valence-corrected chi connectivity index (χ2v) is 12.7. The van der Waals surface area contributed by atoms with Gasteiger partial charge < -0.3 is 10.2 Å². The lowest BCUT2D eigenvalue weighted by atomic mass is 10.1. The highest BCUT2D eigenvalue weighted by atomic mass is 79.9. The summed E-state index contributed by atoms with van der Waals surface area (Å²) in [5.74, 6) is -0.763. The zero-order chi connectivity index (χ0) is 29.3. The average molecular weight is 649 g/mol. The third-order valence-corrected chi connectivity index (χ3v) is 9.05. The van der Waals surface area contributed by atoms with Crippen LogP contribution in [0, 0.1) is 6.92 Å². The van der Waals surface area contributed by atoms with Crippen LogP contribution in [0.2, 0.25) is 5.02 Å². The number of nitrogens with one attached hydrogen (secondary N) is 1. The van der Waals surface area contributed by atoms with E-state index in [2.05, 4.69) is 21.2 Å². The van der Waals surface area contributed by atoms with Gasteiger partial charge in [0.25, 0.3) is 10.0 Å². The van der Waals surface area contributed by atoms with E-state index in [4.69, 9.17) is 11.6 Å². The van der Waals surface area contributed by atoms with E-state index in [0.717, 1.165) is 32.7 Å². The van der Waals surface area contributed by atoms with Crippen LogP contribution < -0.4 is 9.62 Å². The minimum Gasteiger partial charge on any atom is -0.354 e.